The highest BCUT2D eigenvalue weighted by Crippen LogP contribution is 2.28. The Balaban J connectivity index is 1.61. The topological polar surface area (TPSA) is 81.4 Å². The van der Waals surface area contributed by atoms with Gasteiger partial charge >= 0.3 is 0 Å². The zero-order chi connectivity index (χ0) is 15.8. The fraction of sp³-hybridized carbons (Fsp3) is 0.533. The molecule has 0 saturated carbocycles. The lowest BCUT2D eigenvalue weighted by Crippen LogP contribution is -2.36. The fourth-order valence-electron chi connectivity index (χ4n) is 2.73. The third kappa shape index (κ3) is 3.16. The van der Waals surface area contributed by atoms with Crippen molar-refractivity contribution >= 4 is 21.0 Å². The van der Waals surface area contributed by atoms with Gasteiger partial charge < -0.3 is 9.26 Å². The fourth-order valence-corrected chi connectivity index (χ4v) is 4.22. The van der Waals surface area contributed by atoms with E-state index in [1.165, 1.54) is 0 Å². The molecule has 1 N–H and O–H groups in total. The number of fused-ring (bicyclic) bond motifs is 1. The molecule has 7 heteroatoms. The standard InChI is InChI=1S/C15H20N2O4S/c1-15(2)9-11(10-20-15)22(18,19)16-8-7-13-12-5-3-4-6-14(12)21-17-13/h3-6,11,16H,7-10H2,1-2H3. The Kier molecular flexibility index (Phi) is 3.96. The number of ether oxygens (including phenoxy) is 1. The van der Waals surface area contributed by atoms with Crippen LogP contribution in [0.1, 0.15) is 26.0 Å². The van der Waals surface area contributed by atoms with Crippen molar-refractivity contribution in [3.8, 4) is 0 Å². The molecule has 0 aliphatic carbocycles. The summed E-state index contributed by atoms with van der Waals surface area (Å²) in [6.45, 7) is 4.36. The van der Waals surface area contributed by atoms with E-state index in [1.54, 1.807) is 0 Å². The highest BCUT2D eigenvalue weighted by molar-refractivity contribution is 7.90. The van der Waals surface area contributed by atoms with Crippen LogP contribution in [0.25, 0.3) is 11.0 Å². The average Bonchev–Trinajstić information content (AvgIpc) is 3.03. The van der Waals surface area contributed by atoms with Crippen molar-refractivity contribution in [2.24, 2.45) is 0 Å². The van der Waals surface area contributed by atoms with Crippen molar-refractivity contribution < 1.29 is 17.7 Å². The monoisotopic (exact) mass is 324 g/mol. The maximum absolute atomic E-state index is 12.3. The summed E-state index contributed by atoms with van der Waals surface area (Å²) in [6, 6.07) is 7.55. The van der Waals surface area contributed by atoms with Crippen LogP contribution < -0.4 is 4.72 Å². The van der Waals surface area contributed by atoms with Crippen molar-refractivity contribution in [2.75, 3.05) is 13.2 Å². The van der Waals surface area contributed by atoms with Crippen molar-refractivity contribution in [2.45, 2.75) is 37.5 Å². The average molecular weight is 324 g/mol. The molecule has 120 valence electrons. The molecule has 1 aromatic carbocycles. The molecule has 0 radical (unpaired) electrons. The van der Waals surface area contributed by atoms with E-state index in [4.69, 9.17) is 9.26 Å². The molecule has 1 fully saturated rings. The highest BCUT2D eigenvalue weighted by atomic mass is 32.2. The number of hydrogen-bond donors (Lipinski definition) is 1. The Labute approximate surface area is 129 Å². The minimum atomic E-state index is -3.37. The molecular formula is C15H20N2O4S. The van der Waals surface area contributed by atoms with E-state index < -0.39 is 15.3 Å². The molecule has 1 aliphatic heterocycles. The highest BCUT2D eigenvalue weighted by Gasteiger charge is 2.39. The molecule has 0 bridgehead atoms. The molecular weight excluding hydrogens is 304 g/mol. The van der Waals surface area contributed by atoms with Crippen LogP contribution in [-0.4, -0.2) is 37.6 Å². The molecule has 3 rings (SSSR count). The van der Waals surface area contributed by atoms with E-state index in [0.717, 1.165) is 11.1 Å². The Morgan fingerprint density at radius 1 is 1.36 bits per heavy atom. The van der Waals surface area contributed by atoms with E-state index in [0.29, 0.717) is 25.0 Å². The zero-order valence-electron chi connectivity index (χ0n) is 12.7. The third-order valence-electron chi connectivity index (χ3n) is 3.94. The number of hydrogen-bond acceptors (Lipinski definition) is 5. The first kappa shape index (κ1) is 15.5. The lowest BCUT2D eigenvalue weighted by atomic mass is 10.1. The van der Waals surface area contributed by atoms with Crippen LogP contribution in [0.2, 0.25) is 0 Å². The molecule has 2 heterocycles. The Morgan fingerprint density at radius 3 is 2.86 bits per heavy atom. The van der Waals surface area contributed by atoms with Gasteiger partial charge in [-0.05, 0) is 32.4 Å². The van der Waals surface area contributed by atoms with Gasteiger partial charge in [-0.3, -0.25) is 0 Å². The van der Waals surface area contributed by atoms with Gasteiger partial charge in [-0.2, -0.15) is 0 Å². The lowest BCUT2D eigenvalue weighted by molar-refractivity contribution is 0.0368. The first-order valence-corrected chi connectivity index (χ1v) is 8.88. The van der Waals surface area contributed by atoms with Crippen molar-refractivity contribution in [1.29, 1.82) is 0 Å². The number of nitrogens with one attached hydrogen (secondary N) is 1. The third-order valence-corrected chi connectivity index (χ3v) is 5.72. The lowest BCUT2D eigenvalue weighted by Gasteiger charge is -2.16. The Morgan fingerprint density at radius 2 is 2.14 bits per heavy atom. The summed E-state index contributed by atoms with van der Waals surface area (Å²) in [6.07, 6.45) is 1.00. The summed E-state index contributed by atoms with van der Waals surface area (Å²) in [5.74, 6) is 0. The SMILES string of the molecule is CC1(C)CC(S(=O)(=O)NCCc2noc3ccccc23)CO1. The molecule has 1 aliphatic rings. The summed E-state index contributed by atoms with van der Waals surface area (Å²) in [5, 5.41) is 4.43. The maximum atomic E-state index is 12.3. The molecule has 1 saturated heterocycles. The molecule has 6 nitrogen and oxygen atoms in total. The first-order chi connectivity index (χ1) is 10.4. The summed E-state index contributed by atoms with van der Waals surface area (Å²) in [7, 11) is -3.37. The van der Waals surface area contributed by atoms with Gasteiger partial charge in [0.05, 0.1) is 17.9 Å². The maximum Gasteiger partial charge on any atom is 0.216 e. The number of rotatable bonds is 5. The van der Waals surface area contributed by atoms with Crippen LogP contribution in [0.15, 0.2) is 28.8 Å². The van der Waals surface area contributed by atoms with E-state index >= 15 is 0 Å². The minimum absolute atomic E-state index is 0.245. The summed E-state index contributed by atoms with van der Waals surface area (Å²) < 4.78 is 37.9. The van der Waals surface area contributed by atoms with E-state index in [2.05, 4.69) is 9.88 Å². The van der Waals surface area contributed by atoms with Crippen LogP contribution in [0.3, 0.4) is 0 Å². The van der Waals surface area contributed by atoms with Gasteiger partial charge in [-0.1, -0.05) is 17.3 Å². The number of sulfonamides is 1. The van der Waals surface area contributed by atoms with Gasteiger partial charge in [0.25, 0.3) is 0 Å². The molecule has 2 aromatic rings. The quantitative estimate of drug-likeness (QED) is 0.908. The van der Waals surface area contributed by atoms with Gasteiger partial charge in [0.2, 0.25) is 10.0 Å². The first-order valence-electron chi connectivity index (χ1n) is 7.33. The van der Waals surface area contributed by atoms with Crippen molar-refractivity contribution in [3.63, 3.8) is 0 Å². The van der Waals surface area contributed by atoms with Crippen LogP contribution >= 0.6 is 0 Å². The van der Waals surface area contributed by atoms with Gasteiger partial charge in [0.1, 0.15) is 5.25 Å². The number of benzene rings is 1. The second-order valence-electron chi connectivity index (χ2n) is 6.21. The van der Waals surface area contributed by atoms with Crippen molar-refractivity contribution in [3.05, 3.63) is 30.0 Å². The number of aromatic nitrogens is 1. The second kappa shape index (κ2) is 5.64. The van der Waals surface area contributed by atoms with Crippen molar-refractivity contribution in [1.82, 2.24) is 9.88 Å². The second-order valence-corrected chi connectivity index (χ2v) is 8.26. The molecule has 22 heavy (non-hydrogen) atoms. The summed E-state index contributed by atoms with van der Waals surface area (Å²) in [5.41, 5.74) is 1.11. The molecule has 1 aromatic heterocycles. The minimum Gasteiger partial charge on any atom is -0.374 e. The van der Waals surface area contributed by atoms with Gasteiger partial charge in [-0.25, -0.2) is 13.1 Å². The van der Waals surface area contributed by atoms with E-state index in [1.807, 2.05) is 38.1 Å². The van der Waals surface area contributed by atoms with Crippen LogP contribution in [-0.2, 0) is 21.2 Å². The number of para-hydroxylation sites is 1. The normalized spacial score (nSPS) is 21.5. The van der Waals surface area contributed by atoms with Crippen LogP contribution in [0.4, 0.5) is 0 Å². The van der Waals surface area contributed by atoms with Crippen LogP contribution in [0.5, 0.6) is 0 Å². The predicted molar refractivity (Wildman–Crippen MR) is 83.1 cm³/mol. The van der Waals surface area contributed by atoms with E-state index in [9.17, 15) is 8.42 Å². The van der Waals surface area contributed by atoms with E-state index in [-0.39, 0.29) is 12.2 Å². The van der Waals surface area contributed by atoms with Gasteiger partial charge in [-0.15, -0.1) is 0 Å². The molecule has 0 amide bonds. The zero-order valence-corrected chi connectivity index (χ0v) is 13.5. The number of nitrogens with zero attached hydrogens (tertiary/aromatic N) is 1. The summed E-state index contributed by atoms with van der Waals surface area (Å²) >= 11 is 0. The van der Waals surface area contributed by atoms with Crippen LogP contribution in [0, 0.1) is 0 Å². The summed E-state index contributed by atoms with van der Waals surface area (Å²) in [4.78, 5) is 0. The Hall–Kier alpha value is -1.44. The molecule has 1 atom stereocenters. The van der Waals surface area contributed by atoms with Gasteiger partial charge in [0, 0.05) is 18.4 Å². The predicted octanol–water partition coefficient (Wildman–Crippen LogP) is 1.86. The smallest absolute Gasteiger partial charge is 0.216 e. The largest absolute Gasteiger partial charge is 0.374 e. The van der Waals surface area contributed by atoms with Gasteiger partial charge in [0.15, 0.2) is 5.58 Å². The molecule has 0 spiro atoms. The Bertz CT molecular complexity index is 767. The molecule has 1 unspecified atom stereocenters.